The molecule has 0 aliphatic carbocycles. The summed E-state index contributed by atoms with van der Waals surface area (Å²) in [7, 11) is 0. The van der Waals surface area contributed by atoms with Crippen LogP contribution in [0.2, 0.25) is 0 Å². The first-order chi connectivity index (χ1) is 8.22. The first-order valence-corrected chi connectivity index (χ1v) is 6.54. The van der Waals surface area contributed by atoms with E-state index >= 15 is 0 Å². The summed E-state index contributed by atoms with van der Waals surface area (Å²) in [5.74, 6) is -0.164. The number of rotatable bonds is 11. The van der Waals surface area contributed by atoms with Gasteiger partial charge in [0.15, 0.2) is 0 Å². The zero-order chi connectivity index (χ0) is 12.9. The molecular weight excluding hydrogens is 220 g/mol. The average Bonchev–Trinajstić information content (AvgIpc) is 2.35. The van der Waals surface area contributed by atoms with Crippen molar-refractivity contribution in [1.29, 1.82) is 0 Å². The van der Waals surface area contributed by atoms with Gasteiger partial charge < -0.3 is 14.2 Å². The number of hydrogen-bond acceptors (Lipinski definition) is 4. The van der Waals surface area contributed by atoms with Crippen molar-refractivity contribution >= 4 is 5.97 Å². The number of hydrogen-bond donors (Lipinski definition) is 0. The molecule has 102 valence electrons. The predicted molar refractivity (Wildman–Crippen MR) is 67.0 cm³/mol. The van der Waals surface area contributed by atoms with Gasteiger partial charge in [0.2, 0.25) is 0 Å². The SMILES string of the molecule is CCCCOCCOCCOC(=O)C(C)CC. The lowest BCUT2D eigenvalue weighted by Crippen LogP contribution is -2.17. The first-order valence-electron chi connectivity index (χ1n) is 6.54. The molecule has 0 N–H and O–H groups in total. The largest absolute Gasteiger partial charge is 0.463 e. The fourth-order valence-corrected chi connectivity index (χ4v) is 1.08. The van der Waals surface area contributed by atoms with Crippen LogP contribution in [0.15, 0.2) is 0 Å². The highest BCUT2D eigenvalue weighted by Crippen LogP contribution is 2.02. The lowest BCUT2D eigenvalue weighted by Gasteiger charge is -2.09. The third kappa shape index (κ3) is 10.3. The van der Waals surface area contributed by atoms with Gasteiger partial charge in [-0.05, 0) is 12.8 Å². The molecule has 0 saturated carbocycles. The van der Waals surface area contributed by atoms with Crippen molar-refractivity contribution in [1.82, 2.24) is 0 Å². The van der Waals surface area contributed by atoms with Gasteiger partial charge >= 0.3 is 5.97 Å². The van der Waals surface area contributed by atoms with Crippen LogP contribution in [0.1, 0.15) is 40.0 Å². The second-order valence-corrected chi connectivity index (χ2v) is 4.06. The van der Waals surface area contributed by atoms with E-state index in [-0.39, 0.29) is 11.9 Å². The summed E-state index contributed by atoms with van der Waals surface area (Å²) in [5, 5.41) is 0. The van der Waals surface area contributed by atoms with Crippen molar-refractivity contribution in [2.45, 2.75) is 40.0 Å². The molecule has 0 radical (unpaired) electrons. The summed E-state index contributed by atoms with van der Waals surface area (Å²) in [6.45, 7) is 8.70. The van der Waals surface area contributed by atoms with Crippen molar-refractivity contribution in [3.8, 4) is 0 Å². The average molecular weight is 246 g/mol. The molecule has 0 amide bonds. The molecule has 0 bridgehead atoms. The second kappa shape index (κ2) is 11.9. The van der Waals surface area contributed by atoms with Crippen LogP contribution in [0.25, 0.3) is 0 Å². The summed E-state index contributed by atoms with van der Waals surface area (Å²) in [6, 6.07) is 0. The summed E-state index contributed by atoms with van der Waals surface area (Å²) < 4.78 is 15.6. The molecule has 1 unspecified atom stereocenters. The lowest BCUT2D eigenvalue weighted by molar-refractivity contribution is -0.149. The highest BCUT2D eigenvalue weighted by Gasteiger charge is 2.10. The lowest BCUT2D eigenvalue weighted by atomic mass is 10.1. The minimum Gasteiger partial charge on any atom is -0.463 e. The maximum atomic E-state index is 11.3. The van der Waals surface area contributed by atoms with Crippen molar-refractivity contribution in [3.63, 3.8) is 0 Å². The fourth-order valence-electron chi connectivity index (χ4n) is 1.08. The third-order valence-electron chi connectivity index (χ3n) is 2.50. The highest BCUT2D eigenvalue weighted by atomic mass is 16.6. The minimum absolute atomic E-state index is 0.0209. The van der Waals surface area contributed by atoms with Crippen LogP contribution in [0.5, 0.6) is 0 Å². The molecule has 0 fully saturated rings. The van der Waals surface area contributed by atoms with E-state index in [1.54, 1.807) is 0 Å². The normalized spacial score (nSPS) is 12.4. The summed E-state index contributed by atoms with van der Waals surface area (Å²) in [5.41, 5.74) is 0. The topological polar surface area (TPSA) is 44.8 Å². The Morgan fingerprint density at radius 1 is 1.00 bits per heavy atom. The molecule has 0 aromatic rings. The molecule has 17 heavy (non-hydrogen) atoms. The molecule has 0 rings (SSSR count). The van der Waals surface area contributed by atoms with Crippen molar-refractivity contribution in [2.24, 2.45) is 5.92 Å². The van der Waals surface area contributed by atoms with Crippen molar-refractivity contribution < 1.29 is 19.0 Å². The Morgan fingerprint density at radius 2 is 1.59 bits per heavy atom. The Bertz CT molecular complexity index is 182. The van der Waals surface area contributed by atoms with Crippen LogP contribution in [0.4, 0.5) is 0 Å². The molecule has 0 spiro atoms. The Balaban J connectivity index is 3.16. The highest BCUT2D eigenvalue weighted by molar-refractivity contribution is 5.71. The van der Waals surface area contributed by atoms with E-state index in [2.05, 4.69) is 6.92 Å². The molecule has 0 saturated heterocycles. The number of carbonyl (C=O) groups is 1. The van der Waals surface area contributed by atoms with Gasteiger partial charge in [0.05, 0.1) is 25.7 Å². The fraction of sp³-hybridized carbons (Fsp3) is 0.923. The Labute approximate surface area is 105 Å². The molecule has 4 heteroatoms. The van der Waals surface area contributed by atoms with Gasteiger partial charge in [-0.25, -0.2) is 0 Å². The van der Waals surface area contributed by atoms with E-state index in [4.69, 9.17) is 14.2 Å². The van der Waals surface area contributed by atoms with E-state index in [1.165, 1.54) is 0 Å². The van der Waals surface area contributed by atoms with Crippen LogP contribution >= 0.6 is 0 Å². The van der Waals surface area contributed by atoms with Crippen LogP contribution < -0.4 is 0 Å². The number of ether oxygens (including phenoxy) is 3. The molecule has 0 aromatic heterocycles. The standard InChI is InChI=1S/C13H26O4/c1-4-6-7-15-8-9-16-10-11-17-13(14)12(3)5-2/h12H,4-11H2,1-3H3. The van der Waals surface area contributed by atoms with Crippen LogP contribution in [-0.2, 0) is 19.0 Å². The Kier molecular flexibility index (Phi) is 11.4. The quantitative estimate of drug-likeness (QED) is 0.415. The van der Waals surface area contributed by atoms with Crippen LogP contribution in [0.3, 0.4) is 0 Å². The summed E-state index contributed by atoms with van der Waals surface area (Å²) >= 11 is 0. The number of unbranched alkanes of at least 4 members (excludes halogenated alkanes) is 1. The first kappa shape index (κ1) is 16.4. The van der Waals surface area contributed by atoms with Gasteiger partial charge in [0.25, 0.3) is 0 Å². The second-order valence-electron chi connectivity index (χ2n) is 4.06. The van der Waals surface area contributed by atoms with Crippen LogP contribution in [0, 0.1) is 5.92 Å². The van der Waals surface area contributed by atoms with Gasteiger partial charge in [0, 0.05) is 6.61 Å². The van der Waals surface area contributed by atoms with E-state index in [1.807, 2.05) is 13.8 Å². The monoisotopic (exact) mass is 246 g/mol. The summed E-state index contributed by atoms with van der Waals surface area (Å²) in [6.07, 6.45) is 3.05. The molecule has 0 heterocycles. The number of esters is 1. The van der Waals surface area contributed by atoms with Gasteiger partial charge in [-0.2, -0.15) is 0 Å². The van der Waals surface area contributed by atoms with E-state index in [0.717, 1.165) is 25.9 Å². The maximum absolute atomic E-state index is 11.3. The smallest absolute Gasteiger partial charge is 0.308 e. The minimum atomic E-state index is -0.143. The van der Waals surface area contributed by atoms with Crippen LogP contribution in [-0.4, -0.2) is 39.0 Å². The zero-order valence-electron chi connectivity index (χ0n) is 11.4. The molecule has 0 aromatic carbocycles. The van der Waals surface area contributed by atoms with Crippen molar-refractivity contribution in [2.75, 3.05) is 33.0 Å². The van der Waals surface area contributed by atoms with Gasteiger partial charge in [0.1, 0.15) is 6.61 Å². The third-order valence-corrected chi connectivity index (χ3v) is 2.50. The van der Waals surface area contributed by atoms with E-state index in [0.29, 0.717) is 26.4 Å². The maximum Gasteiger partial charge on any atom is 0.308 e. The Hall–Kier alpha value is -0.610. The van der Waals surface area contributed by atoms with Gasteiger partial charge in [-0.3, -0.25) is 4.79 Å². The zero-order valence-corrected chi connectivity index (χ0v) is 11.4. The molecular formula is C13H26O4. The van der Waals surface area contributed by atoms with Crippen molar-refractivity contribution in [3.05, 3.63) is 0 Å². The molecule has 4 nitrogen and oxygen atoms in total. The molecule has 0 aliphatic heterocycles. The Morgan fingerprint density at radius 3 is 2.18 bits per heavy atom. The van der Waals surface area contributed by atoms with E-state index in [9.17, 15) is 4.79 Å². The number of carbonyl (C=O) groups excluding carboxylic acids is 1. The van der Waals surface area contributed by atoms with Gasteiger partial charge in [-0.1, -0.05) is 27.2 Å². The molecule has 0 aliphatic rings. The molecule has 1 atom stereocenters. The van der Waals surface area contributed by atoms with E-state index < -0.39 is 0 Å². The van der Waals surface area contributed by atoms with Gasteiger partial charge in [-0.15, -0.1) is 0 Å². The predicted octanol–water partition coefficient (Wildman–Crippen LogP) is 2.41. The summed E-state index contributed by atoms with van der Waals surface area (Å²) in [4.78, 5) is 11.3.